The first-order valence-electron chi connectivity index (χ1n) is 8.38. The zero-order valence-electron chi connectivity index (χ0n) is 14.2. The monoisotopic (exact) mass is 398 g/mol. The Kier molecular flexibility index (Phi) is 3.15. The highest BCUT2D eigenvalue weighted by Crippen LogP contribution is 2.55. The average molecular weight is 398 g/mol. The van der Waals surface area contributed by atoms with Crippen LogP contribution < -0.4 is 4.90 Å². The largest absolute Gasteiger partial charge is 0.290 e. The fourth-order valence-electron chi connectivity index (χ4n) is 3.68. The zero-order valence-corrected chi connectivity index (χ0v) is 15.9. The lowest BCUT2D eigenvalue weighted by atomic mass is 10.1. The van der Waals surface area contributed by atoms with Crippen LogP contribution in [0.25, 0.3) is 0 Å². The fourth-order valence-corrected chi connectivity index (χ4v) is 6.96. The summed E-state index contributed by atoms with van der Waals surface area (Å²) in [4.78, 5) is 6.15. The van der Waals surface area contributed by atoms with Crippen molar-refractivity contribution in [2.45, 2.75) is 32.9 Å². The molecule has 1 aromatic heterocycles. The molecule has 0 saturated heterocycles. The maximum atomic E-state index is 13.2. The van der Waals surface area contributed by atoms with Crippen molar-refractivity contribution < 1.29 is 16.8 Å². The predicted molar refractivity (Wildman–Crippen MR) is 99.2 cm³/mol. The summed E-state index contributed by atoms with van der Waals surface area (Å²) in [6.45, 7) is 1.98. The molecule has 0 saturated carbocycles. The van der Waals surface area contributed by atoms with Crippen molar-refractivity contribution in [2.75, 3.05) is 4.90 Å². The van der Waals surface area contributed by atoms with E-state index in [1.165, 1.54) is 30.5 Å². The second kappa shape index (κ2) is 5.17. The van der Waals surface area contributed by atoms with Gasteiger partial charge < -0.3 is 0 Å². The van der Waals surface area contributed by atoms with Crippen LogP contribution in [-0.2, 0) is 26.1 Å². The van der Waals surface area contributed by atoms with Gasteiger partial charge >= 0.3 is 0 Å². The molecule has 8 heteroatoms. The van der Waals surface area contributed by atoms with Gasteiger partial charge in [0, 0.05) is 6.20 Å². The number of nitrogens with zero attached hydrogens (tertiary/aromatic N) is 2. The van der Waals surface area contributed by atoms with E-state index in [4.69, 9.17) is 0 Å². The summed E-state index contributed by atoms with van der Waals surface area (Å²) in [5.74, 6) is 0.224. The minimum absolute atomic E-state index is 0.0170. The van der Waals surface area contributed by atoms with Crippen LogP contribution in [0.1, 0.15) is 12.5 Å². The molecule has 2 aliphatic heterocycles. The number of rotatable bonds is 1. The van der Waals surface area contributed by atoms with Gasteiger partial charge in [0.1, 0.15) is 4.90 Å². The van der Waals surface area contributed by atoms with Crippen molar-refractivity contribution in [3.05, 3.63) is 60.3 Å². The highest BCUT2D eigenvalue weighted by atomic mass is 32.2. The summed E-state index contributed by atoms with van der Waals surface area (Å²) < 4.78 is 52.7. The van der Waals surface area contributed by atoms with Gasteiger partial charge in [0.2, 0.25) is 19.7 Å². The fraction of sp³-hybridized carbons (Fsp3) is 0.105. The second-order valence-electron chi connectivity index (χ2n) is 6.43. The Hall–Kier alpha value is -2.71. The summed E-state index contributed by atoms with van der Waals surface area (Å²) in [5.41, 5.74) is 1.55. The number of anilines is 3. The van der Waals surface area contributed by atoms with Gasteiger partial charge in [-0.3, -0.25) is 4.90 Å². The summed E-state index contributed by atoms with van der Waals surface area (Å²) in [7, 11) is -7.71. The number of para-hydroxylation sites is 1. The minimum atomic E-state index is -3.87. The van der Waals surface area contributed by atoms with Gasteiger partial charge in [-0.2, -0.15) is 0 Å². The minimum Gasteiger partial charge on any atom is -0.290 e. The van der Waals surface area contributed by atoms with Crippen molar-refractivity contribution in [1.29, 1.82) is 0 Å². The third-order valence-electron chi connectivity index (χ3n) is 4.98. The van der Waals surface area contributed by atoms with Gasteiger partial charge in [0.05, 0.1) is 26.1 Å². The van der Waals surface area contributed by atoms with Crippen molar-refractivity contribution in [3.8, 4) is 0 Å². The Balaban J connectivity index is 2.01. The first-order chi connectivity index (χ1) is 12.9. The molecule has 0 atom stereocenters. The smallest absolute Gasteiger partial charge is 0.212 e. The summed E-state index contributed by atoms with van der Waals surface area (Å²) >= 11 is 0. The van der Waals surface area contributed by atoms with Crippen LogP contribution in [0, 0.1) is 0 Å². The summed E-state index contributed by atoms with van der Waals surface area (Å²) in [6, 6.07) is 12.6. The van der Waals surface area contributed by atoms with Gasteiger partial charge in [-0.1, -0.05) is 19.1 Å². The third-order valence-corrected chi connectivity index (χ3v) is 8.62. The molecule has 0 aliphatic carbocycles. The molecule has 0 fully saturated rings. The molecule has 2 aliphatic rings. The average Bonchev–Trinajstić information content (AvgIpc) is 2.67. The quantitative estimate of drug-likeness (QED) is 0.430. The predicted octanol–water partition coefficient (Wildman–Crippen LogP) is 3.41. The van der Waals surface area contributed by atoms with E-state index in [1.807, 2.05) is 6.92 Å². The normalized spacial score (nSPS) is 17.6. The second-order valence-corrected chi connectivity index (χ2v) is 10.2. The van der Waals surface area contributed by atoms with E-state index >= 15 is 0 Å². The van der Waals surface area contributed by atoms with Crippen LogP contribution in [0.5, 0.6) is 0 Å². The molecule has 5 rings (SSSR count). The van der Waals surface area contributed by atoms with E-state index in [2.05, 4.69) is 4.98 Å². The molecule has 0 bridgehead atoms. The number of hydrogen-bond acceptors (Lipinski definition) is 6. The standard InChI is InChI=1S/C19H14N2O4S2/c1-2-12-8-9-14-13(11-12)21-18-15(26(14,22)23)5-3-6-16(18)27(24,25)17-7-4-10-20-19(17)21/h3-11H,2H2,1H3. The van der Waals surface area contributed by atoms with Crippen molar-refractivity contribution >= 4 is 36.9 Å². The van der Waals surface area contributed by atoms with E-state index in [0.717, 1.165) is 12.0 Å². The topological polar surface area (TPSA) is 84.4 Å². The number of fused-ring (bicyclic) bond motifs is 4. The van der Waals surface area contributed by atoms with Gasteiger partial charge in [0.25, 0.3) is 0 Å². The molecule has 27 heavy (non-hydrogen) atoms. The molecule has 0 amide bonds. The first kappa shape index (κ1) is 16.5. The molecule has 3 heterocycles. The van der Waals surface area contributed by atoms with Gasteiger partial charge in [-0.15, -0.1) is 0 Å². The van der Waals surface area contributed by atoms with Crippen molar-refractivity contribution in [2.24, 2.45) is 0 Å². The molecule has 0 N–H and O–H groups in total. The highest BCUT2D eigenvalue weighted by Gasteiger charge is 2.44. The first-order valence-corrected chi connectivity index (χ1v) is 11.4. The van der Waals surface area contributed by atoms with Crippen LogP contribution in [0.4, 0.5) is 17.2 Å². The Morgan fingerprint density at radius 2 is 1.52 bits per heavy atom. The van der Waals surface area contributed by atoms with Crippen LogP contribution in [0.15, 0.2) is 74.3 Å². The van der Waals surface area contributed by atoms with Crippen LogP contribution in [-0.4, -0.2) is 21.8 Å². The zero-order chi connectivity index (χ0) is 19.0. The Labute approximate surface area is 156 Å². The van der Waals surface area contributed by atoms with Gasteiger partial charge in [-0.05, 0) is 48.4 Å². The van der Waals surface area contributed by atoms with Crippen molar-refractivity contribution in [1.82, 2.24) is 4.98 Å². The number of benzene rings is 2. The Bertz CT molecular complexity index is 1330. The maximum Gasteiger partial charge on any atom is 0.212 e. The molecule has 6 nitrogen and oxygen atoms in total. The molecular weight excluding hydrogens is 384 g/mol. The van der Waals surface area contributed by atoms with Crippen LogP contribution in [0.2, 0.25) is 0 Å². The highest BCUT2D eigenvalue weighted by molar-refractivity contribution is 7.93. The number of aryl methyl sites for hydroxylation is 1. The molecule has 0 radical (unpaired) electrons. The van der Waals surface area contributed by atoms with E-state index < -0.39 is 19.7 Å². The molecule has 136 valence electrons. The SMILES string of the molecule is CCc1ccc2c(c1)N1c3ncccc3S(=O)(=O)c3cccc(c31)S2(=O)=O. The lowest BCUT2D eigenvalue weighted by Crippen LogP contribution is -2.29. The molecular formula is C19H14N2O4S2. The number of sulfone groups is 2. The van der Waals surface area contributed by atoms with E-state index in [1.54, 1.807) is 29.2 Å². The summed E-state index contributed by atoms with van der Waals surface area (Å²) in [5, 5.41) is 0. The summed E-state index contributed by atoms with van der Waals surface area (Å²) in [6.07, 6.45) is 2.23. The Morgan fingerprint density at radius 3 is 2.22 bits per heavy atom. The molecule has 0 unspecified atom stereocenters. The number of pyridine rings is 1. The lowest BCUT2D eigenvalue weighted by molar-refractivity contribution is 0.590. The van der Waals surface area contributed by atoms with Gasteiger partial charge in [-0.25, -0.2) is 21.8 Å². The lowest BCUT2D eigenvalue weighted by Gasteiger charge is -2.37. The van der Waals surface area contributed by atoms with Gasteiger partial charge in [0.15, 0.2) is 5.82 Å². The number of aromatic nitrogens is 1. The molecule has 3 aromatic rings. The van der Waals surface area contributed by atoms with Crippen LogP contribution in [0.3, 0.4) is 0 Å². The van der Waals surface area contributed by atoms with E-state index in [9.17, 15) is 16.8 Å². The van der Waals surface area contributed by atoms with E-state index in [-0.39, 0.29) is 31.1 Å². The molecule has 0 spiro atoms. The van der Waals surface area contributed by atoms with Crippen LogP contribution >= 0.6 is 0 Å². The maximum absolute atomic E-state index is 13.2. The van der Waals surface area contributed by atoms with Crippen molar-refractivity contribution in [3.63, 3.8) is 0 Å². The Morgan fingerprint density at radius 1 is 0.852 bits per heavy atom. The van der Waals surface area contributed by atoms with E-state index in [0.29, 0.717) is 5.69 Å². The molecule has 2 aromatic carbocycles. The third kappa shape index (κ3) is 1.97. The number of hydrogen-bond donors (Lipinski definition) is 0.